The molecule has 1 aliphatic heterocycles. The van der Waals surface area contributed by atoms with Crippen LogP contribution in [0, 0.1) is 0 Å². The van der Waals surface area contributed by atoms with Gasteiger partial charge in [0.15, 0.2) is 0 Å². The molecule has 3 rings (SSSR count). The van der Waals surface area contributed by atoms with Crippen LogP contribution in [-0.2, 0) is 4.74 Å². The third-order valence-electron chi connectivity index (χ3n) is 3.99. The maximum atomic E-state index is 6.17. The molecule has 3 unspecified atom stereocenters. The van der Waals surface area contributed by atoms with Gasteiger partial charge < -0.3 is 10.1 Å². The van der Waals surface area contributed by atoms with E-state index in [1.165, 1.54) is 11.1 Å². The van der Waals surface area contributed by atoms with Gasteiger partial charge in [0.25, 0.3) is 0 Å². The van der Waals surface area contributed by atoms with Gasteiger partial charge in [-0.3, -0.25) is 0 Å². The number of rotatable bonds is 3. The van der Waals surface area contributed by atoms with Crippen LogP contribution in [0.25, 0.3) is 0 Å². The van der Waals surface area contributed by atoms with Gasteiger partial charge in [-0.2, -0.15) is 0 Å². The maximum absolute atomic E-state index is 6.17. The molecule has 1 aliphatic rings. The molecule has 20 heavy (non-hydrogen) atoms. The van der Waals surface area contributed by atoms with Crippen molar-refractivity contribution < 1.29 is 4.74 Å². The second kappa shape index (κ2) is 6.21. The molecule has 0 spiro atoms. The Bertz CT molecular complexity index is 526. The Morgan fingerprint density at radius 1 is 0.950 bits per heavy atom. The Balaban J connectivity index is 1.76. The molecule has 0 radical (unpaired) electrons. The first kappa shape index (κ1) is 13.3. The van der Waals surface area contributed by atoms with E-state index in [1.54, 1.807) is 0 Å². The van der Waals surface area contributed by atoms with E-state index in [2.05, 4.69) is 66.8 Å². The Kier molecular flexibility index (Phi) is 4.14. The van der Waals surface area contributed by atoms with Crippen molar-refractivity contribution in [2.45, 2.75) is 31.5 Å². The van der Waals surface area contributed by atoms with Crippen molar-refractivity contribution in [2.75, 3.05) is 6.61 Å². The van der Waals surface area contributed by atoms with Gasteiger partial charge in [-0.25, -0.2) is 0 Å². The highest BCUT2D eigenvalue weighted by Crippen LogP contribution is 2.31. The molecule has 1 fully saturated rings. The second-order valence-corrected chi connectivity index (χ2v) is 5.31. The summed E-state index contributed by atoms with van der Waals surface area (Å²) in [6.07, 6.45) is 1.21. The highest BCUT2D eigenvalue weighted by Gasteiger charge is 2.31. The van der Waals surface area contributed by atoms with Crippen molar-refractivity contribution in [2.24, 2.45) is 0 Å². The second-order valence-electron chi connectivity index (χ2n) is 5.31. The number of benzene rings is 2. The third kappa shape index (κ3) is 2.77. The lowest BCUT2D eigenvalue weighted by atomic mass is 9.95. The van der Waals surface area contributed by atoms with Gasteiger partial charge >= 0.3 is 0 Å². The van der Waals surface area contributed by atoms with Crippen LogP contribution in [0.2, 0.25) is 0 Å². The minimum absolute atomic E-state index is 0.154. The van der Waals surface area contributed by atoms with Crippen LogP contribution in [0.5, 0.6) is 0 Å². The van der Waals surface area contributed by atoms with Gasteiger partial charge in [0.05, 0.1) is 18.8 Å². The molecule has 1 N–H and O–H groups in total. The molecule has 2 nitrogen and oxygen atoms in total. The molecule has 1 heterocycles. The first-order valence-corrected chi connectivity index (χ1v) is 7.36. The summed E-state index contributed by atoms with van der Waals surface area (Å²) in [6, 6.07) is 21.7. The van der Waals surface area contributed by atoms with E-state index in [0.717, 1.165) is 13.0 Å². The van der Waals surface area contributed by atoms with Crippen LogP contribution in [-0.4, -0.2) is 12.6 Å². The molecule has 0 amide bonds. The summed E-state index contributed by atoms with van der Waals surface area (Å²) in [5.74, 6) is 0. The van der Waals surface area contributed by atoms with E-state index >= 15 is 0 Å². The summed E-state index contributed by atoms with van der Waals surface area (Å²) >= 11 is 0. The Hall–Kier alpha value is -1.64. The minimum Gasteiger partial charge on any atom is -0.370 e. The molecule has 0 saturated carbocycles. The van der Waals surface area contributed by atoms with E-state index in [-0.39, 0.29) is 6.10 Å². The fourth-order valence-electron chi connectivity index (χ4n) is 2.89. The zero-order valence-corrected chi connectivity index (χ0v) is 11.8. The van der Waals surface area contributed by atoms with Gasteiger partial charge in [0.2, 0.25) is 0 Å². The summed E-state index contributed by atoms with van der Waals surface area (Å²) in [5.41, 5.74) is 2.57. The molecule has 2 aromatic rings. The maximum Gasteiger partial charge on any atom is 0.0978 e. The monoisotopic (exact) mass is 267 g/mol. The average Bonchev–Trinajstić information content (AvgIpc) is 2.56. The van der Waals surface area contributed by atoms with Gasteiger partial charge in [-0.05, 0) is 17.5 Å². The van der Waals surface area contributed by atoms with Gasteiger partial charge in [-0.15, -0.1) is 0 Å². The van der Waals surface area contributed by atoms with Crippen LogP contribution in [0.4, 0.5) is 0 Å². The molecule has 1 saturated heterocycles. The number of nitrogens with one attached hydrogen (secondary N) is 1. The lowest BCUT2D eigenvalue weighted by molar-refractivity contribution is -0.0312. The minimum atomic E-state index is 0.154. The van der Waals surface area contributed by atoms with E-state index in [1.807, 2.05) is 6.07 Å². The topological polar surface area (TPSA) is 21.3 Å². The SMILES string of the molecule is CCC1NC(c2ccccc2)COC1c1ccccc1. The van der Waals surface area contributed by atoms with Crippen molar-refractivity contribution in [3.63, 3.8) is 0 Å². The van der Waals surface area contributed by atoms with E-state index in [4.69, 9.17) is 4.74 Å². The molecule has 2 heteroatoms. The van der Waals surface area contributed by atoms with E-state index in [0.29, 0.717) is 12.1 Å². The summed E-state index contributed by atoms with van der Waals surface area (Å²) in [4.78, 5) is 0. The summed E-state index contributed by atoms with van der Waals surface area (Å²) < 4.78 is 6.17. The van der Waals surface area contributed by atoms with Crippen molar-refractivity contribution in [1.29, 1.82) is 0 Å². The molecule has 0 bridgehead atoms. The Labute approximate surface area is 120 Å². The van der Waals surface area contributed by atoms with Crippen LogP contribution >= 0.6 is 0 Å². The van der Waals surface area contributed by atoms with E-state index in [9.17, 15) is 0 Å². The molecule has 2 aromatic carbocycles. The van der Waals surface area contributed by atoms with Crippen LogP contribution in [0.1, 0.15) is 36.6 Å². The zero-order valence-electron chi connectivity index (χ0n) is 11.8. The zero-order chi connectivity index (χ0) is 13.8. The highest BCUT2D eigenvalue weighted by molar-refractivity contribution is 5.23. The Morgan fingerprint density at radius 3 is 2.15 bits per heavy atom. The Morgan fingerprint density at radius 2 is 1.55 bits per heavy atom. The lowest BCUT2D eigenvalue weighted by Crippen LogP contribution is -2.45. The lowest BCUT2D eigenvalue weighted by Gasteiger charge is -2.37. The van der Waals surface area contributed by atoms with Crippen molar-refractivity contribution in [1.82, 2.24) is 5.32 Å². The molecule has 0 aromatic heterocycles. The predicted molar refractivity (Wildman–Crippen MR) is 81.5 cm³/mol. The third-order valence-corrected chi connectivity index (χ3v) is 3.99. The summed E-state index contributed by atoms with van der Waals surface area (Å²) in [5, 5.41) is 3.74. The van der Waals surface area contributed by atoms with Crippen LogP contribution in [0.3, 0.4) is 0 Å². The van der Waals surface area contributed by atoms with E-state index < -0.39 is 0 Å². The van der Waals surface area contributed by atoms with Crippen molar-refractivity contribution in [3.05, 3.63) is 71.8 Å². The van der Waals surface area contributed by atoms with Gasteiger partial charge in [0, 0.05) is 6.04 Å². The fraction of sp³-hybridized carbons (Fsp3) is 0.333. The smallest absolute Gasteiger partial charge is 0.0978 e. The average molecular weight is 267 g/mol. The first-order chi connectivity index (χ1) is 9.88. The number of ether oxygens (including phenoxy) is 1. The molecular formula is C18H21NO. The molecular weight excluding hydrogens is 246 g/mol. The summed E-state index contributed by atoms with van der Waals surface area (Å²) in [7, 11) is 0. The quantitative estimate of drug-likeness (QED) is 0.911. The fourth-order valence-corrected chi connectivity index (χ4v) is 2.89. The van der Waals surface area contributed by atoms with Crippen LogP contribution in [0.15, 0.2) is 60.7 Å². The number of hydrogen-bond acceptors (Lipinski definition) is 2. The molecule has 0 aliphatic carbocycles. The number of morpholine rings is 1. The first-order valence-electron chi connectivity index (χ1n) is 7.36. The van der Waals surface area contributed by atoms with Crippen LogP contribution < -0.4 is 5.32 Å². The normalized spacial score (nSPS) is 26.4. The number of hydrogen-bond donors (Lipinski definition) is 1. The van der Waals surface area contributed by atoms with Gasteiger partial charge in [0.1, 0.15) is 0 Å². The molecule has 104 valence electrons. The standard InChI is InChI=1S/C18H21NO/c1-2-16-18(15-11-7-4-8-12-15)20-13-17(19-16)14-9-5-3-6-10-14/h3-12,16-19H,2,13H2,1H3. The van der Waals surface area contributed by atoms with Crippen molar-refractivity contribution >= 4 is 0 Å². The van der Waals surface area contributed by atoms with Crippen molar-refractivity contribution in [3.8, 4) is 0 Å². The summed E-state index contributed by atoms with van der Waals surface area (Å²) in [6.45, 7) is 2.93. The molecule has 3 atom stereocenters. The highest BCUT2D eigenvalue weighted by atomic mass is 16.5. The largest absolute Gasteiger partial charge is 0.370 e. The van der Waals surface area contributed by atoms with Gasteiger partial charge in [-0.1, -0.05) is 67.6 Å². The predicted octanol–water partition coefficient (Wildman–Crippen LogP) is 3.87.